The molecule has 260 valence electrons. The topological polar surface area (TPSA) is 104 Å². The summed E-state index contributed by atoms with van der Waals surface area (Å²) in [5, 5.41) is 11.3. The number of rotatable bonds is 4. The fourth-order valence-corrected chi connectivity index (χ4v) is 8.40. The lowest BCUT2D eigenvalue weighted by molar-refractivity contribution is -0.143. The number of aromatic hydroxyl groups is 1. The Bertz CT molecular complexity index is 1960. The molecule has 0 spiro atoms. The van der Waals surface area contributed by atoms with Gasteiger partial charge in [-0.15, -0.1) is 0 Å². The monoisotopic (exact) mass is 698 g/mol. The van der Waals surface area contributed by atoms with E-state index in [1.165, 1.54) is 19.2 Å². The molecule has 3 aromatic carbocycles. The number of hydrogen-bond acceptors (Lipinski definition) is 6. The minimum absolute atomic E-state index is 0.0870. The number of imide groups is 2. The average Bonchev–Trinajstić information content (AvgIpc) is 3.43. The highest BCUT2D eigenvalue weighted by molar-refractivity contribution is 6.25. The predicted molar refractivity (Wildman–Crippen MR) is 165 cm³/mol. The molecule has 8 nitrogen and oxygen atoms in total. The number of phenols is 1. The van der Waals surface area contributed by atoms with Crippen LogP contribution in [0.4, 0.5) is 37.7 Å². The van der Waals surface area contributed by atoms with Crippen LogP contribution < -0.4 is 14.5 Å². The lowest BCUT2D eigenvalue weighted by Crippen LogP contribution is -2.48. The van der Waals surface area contributed by atoms with Crippen molar-refractivity contribution in [3.8, 4) is 11.5 Å². The number of carbonyl (C=O) groups is 4. The molecule has 2 heterocycles. The van der Waals surface area contributed by atoms with Crippen LogP contribution in [0, 0.1) is 29.1 Å². The maximum atomic E-state index is 14.4. The van der Waals surface area contributed by atoms with Crippen LogP contribution in [0.1, 0.15) is 42.4 Å². The van der Waals surface area contributed by atoms with Crippen molar-refractivity contribution in [2.24, 2.45) is 29.1 Å². The van der Waals surface area contributed by atoms with Crippen molar-refractivity contribution in [3.63, 3.8) is 0 Å². The number of anilines is 2. The van der Waals surface area contributed by atoms with Gasteiger partial charge >= 0.3 is 12.4 Å². The molecule has 7 rings (SSSR count). The number of halogens is 6. The third kappa shape index (κ3) is 4.82. The predicted octanol–water partition coefficient (Wildman–Crippen LogP) is 6.87. The largest absolute Gasteiger partial charge is 0.508 e. The maximum Gasteiger partial charge on any atom is 0.416 e. The van der Waals surface area contributed by atoms with Gasteiger partial charge in [0.2, 0.25) is 23.6 Å². The van der Waals surface area contributed by atoms with Gasteiger partial charge in [-0.05, 0) is 62.1 Å². The zero-order valence-electron chi connectivity index (χ0n) is 26.4. The number of fused-ring (bicyclic) bond motifs is 4. The first-order valence-electron chi connectivity index (χ1n) is 15.7. The van der Waals surface area contributed by atoms with Crippen LogP contribution in [-0.2, 0) is 31.5 Å². The Morgan fingerprint density at radius 2 is 1.42 bits per heavy atom. The number of ether oxygens (including phenoxy) is 1. The Labute approximate surface area is 280 Å². The fourth-order valence-electron chi connectivity index (χ4n) is 8.40. The molecule has 4 amide bonds. The second kappa shape index (κ2) is 11.2. The molecule has 6 atom stereocenters. The third-order valence-corrected chi connectivity index (χ3v) is 10.7. The van der Waals surface area contributed by atoms with Gasteiger partial charge in [-0.3, -0.25) is 19.2 Å². The van der Waals surface area contributed by atoms with Crippen molar-refractivity contribution < 1.29 is 55.4 Å². The molecule has 6 unspecified atom stereocenters. The Morgan fingerprint density at radius 1 is 0.780 bits per heavy atom. The van der Waals surface area contributed by atoms with Crippen LogP contribution in [0.3, 0.4) is 0 Å². The van der Waals surface area contributed by atoms with Crippen LogP contribution >= 0.6 is 0 Å². The number of para-hydroxylation sites is 1. The van der Waals surface area contributed by atoms with Crippen LogP contribution in [0.25, 0.3) is 0 Å². The van der Waals surface area contributed by atoms with E-state index in [4.69, 9.17) is 4.74 Å². The number of allylic oxidation sites excluding steroid dienone is 2. The molecular formula is C36H28F6N2O6. The number of carbonyl (C=O) groups excluding carboxylic acids is 4. The molecule has 2 aliphatic carbocycles. The van der Waals surface area contributed by atoms with E-state index in [1.807, 2.05) is 0 Å². The van der Waals surface area contributed by atoms with Crippen LogP contribution in [-0.4, -0.2) is 35.8 Å². The summed E-state index contributed by atoms with van der Waals surface area (Å²) in [5.41, 5.74) is -4.73. The normalized spacial score (nSPS) is 28.0. The zero-order valence-corrected chi connectivity index (χ0v) is 26.4. The standard InChI is InChI=1S/C36H28F6N2O6/c1-34-26(31(47)44(33(34)49)19-6-4-3-5-7-19)16-25-22(29(34)23-9-8-21(50-2)15-27(23)45)10-11-24-28(25)32(48)43(30(24)46)20-13-17(35(37,38)39)12-18(14-20)36(40,41)42/h3-10,12-15,24-26,28-29,45H,11,16H2,1-2H3. The van der Waals surface area contributed by atoms with E-state index < -0.39 is 87.8 Å². The lowest BCUT2D eigenvalue weighted by Gasteiger charge is -2.49. The van der Waals surface area contributed by atoms with E-state index in [-0.39, 0.29) is 30.2 Å². The first kappa shape index (κ1) is 33.4. The SMILES string of the molecule is COc1ccc(C2C3=CCC4C(=O)N(c5cc(C(F)(F)F)cc(C(F)(F)F)c5)C(=O)C4C3CC3C(=O)N(c4ccccc4)C(=O)C32C)c(O)c1. The number of hydrogen-bond donors (Lipinski definition) is 1. The summed E-state index contributed by atoms with van der Waals surface area (Å²) in [4.78, 5) is 58.1. The van der Waals surface area contributed by atoms with E-state index >= 15 is 0 Å². The number of benzene rings is 3. The van der Waals surface area contributed by atoms with Gasteiger partial charge < -0.3 is 9.84 Å². The number of nitrogens with zero attached hydrogens (tertiary/aromatic N) is 2. The highest BCUT2D eigenvalue weighted by Crippen LogP contribution is 2.64. The Balaban J connectivity index is 1.36. The number of phenolic OH excluding ortho intramolecular Hbond substituents is 1. The van der Waals surface area contributed by atoms with Crippen LogP contribution in [0.15, 0.2) is 78.4 Å². The van der Waals surface area contributed by atoms with Crippen molar-refractivity contribution >= 4 is 35.0 Å². The Hall–Kier alpha value is -5.14. The molecule has 2 aliphatic heterocycles. The Morgan fingerprint density at radius 3 is 2.00 bits per heavy atom. The summed E-state index contributed by atoms with van der Waals surface area (Å²) in [6.45, 7) is 1.60. The first-order chi connectivity index (χ1) is 23.5. The fraction of sp³-hybridized carbons (Fsp3) is 0.333. The van der Waals surface area contributed by atoms with E-state index in [2.05, 4.69) is 0 Å². The minimum atomic E-state index is -5.22. The van der Waals surface area contributed by atoms with Crippen molar-refractivity contribution in [1.82, 2.24) is 0 Å². The summed E-state index contributed by atoms with van der Waals surface area (Å²) < 4.78 is 87.7. The minimum Gasteiger partial charge on any atom is -0.508 e. The molecule has 0 aromatic heterocycles. The highest BCUT2D eigenvalue weighted by Gasteiger charge is 2.68. The summed E-state index contributed by atoms with van der Waals surface area (Å²) in [6, 6.07) is 13.2. The van der Waals surface area contributed by atoms with Gasteiger partial charge in [-0.2, -0.15) is 26.3 Å². The number of amides is 4. The van der Waals surface area contributed by atoms with Crippen molar-refractivity contribution in [2.75, 3.05) is 16.9 Å². The molecule has 14 heteroatoms. The summed E-state index contributed by atoms with van der Waals surface area (Å²) in [7, 11) is 1.39. The summed E-state index contributed by atoms with van der Waals surface area (Å²) in [6.07, 6.45) is -9.03. The molecule has 0 radical (unpaired) electrons. The van der Waals surface area contributed by atoms with Crippen LogP contribution in [0.5, 0.6) is 11.5 Å². The van der Waals surface area contributed by atoms with Gasteiger partial charge in [0.1, 0.15) is 11.5 Å². The molecule has 0 bridgehead atoms. The quantitative estimate of drug-likeness (QED) is 0.181. The number of alkyl halides is 6. The van der Waals surface area contributed by atoms with Gasteiger partial charge in [0, 0.05) is 17.5 Å². The molecule has 3 fully saturated rings. The molecule has 1 N–H and O–H groups in total. The third-order valence-electron chi connectivity index (χ3n) is 10.7. The van der Waals surface area contributed by atoms with Crippen molar-refractivity contribution in [3.05, 3.63) is 95.1 Å². The van der Waals surface area contributed by atoms with Crippen LogP contribution in [0.2, 0.25) is 0 Å². The van der Waals surface area contributed by atoms with Crippen molar-refractivity contribution in [1.29, 1.82) is 0 Å². The second-order valence-electron chi connectivity index (χ2n) is 13.2. The molecule has 3 aromatic rings. The highest BCUT2D eigenvalue weighted by atomic mass is 19.4. The van der Waals surface area contributed by atoms with E-state index in [0.717, 1.165) is 4.90 Å². The van der Waals surface area contributed by atoms with E-state index in [0.29, 0.717) is 34.0 Å². The first-order valence-corrected chi connectivity index (χ1v) is 15.7. The second-order valence-corrected chi connectivity index (χ2v) is 13.2. The summed E-state index contributed by atoms with van der Waals surface area (Å²) >= 11 is 0. The molecular weight excluding hydrogens is 670 g/mol. The molecule has 50 heavy (non-hydrogen) atoms. The van der Waals surface area contributed by atoms with Gasteiger partial charge in [0.15, 0.2) is 0 Å². The molecule has 2 saturated heterocycles. The van der Waals surface area contributed by atoms with Gasteiger partial charge in [-0.1, -0.05) is 35.9 Å². The average molecular weight is 699 g/mol. The van der Waals surface area contributed by atoms with Gasteiger partial charge in [0.05, 0.1) is 52.8 Å². The van der Waals surface area contributed by atoms with E-state index in [9.17, 15) is 50.6 Å². The molecule has 4 aliphatic rings. The number of methoxy groups -OCH3 is 1. The Kier molecular flexibility index (Phi) is 7.47. The van der Waals surface area contributed by atoms with Crippen molar-refractivity contribution in [2.45, 2.75) is 38.0 Å². The molecule has 1 saturated carbocycles. The summed E-state index contributed by atoms with van der Waals surface area (Å²) in [5.74, 6) is -8.54. The van der Waals surface area contributed by atoms with Gasteiger partial charge in [0.25, 0.3) is 0 Å². The van der Waals surface area contributed by atoms with Gasteiger partial charge in [-0.25, -0.2) is 9.80 Å². The zero-order chi connectivity index (χ0) is 36.1. The lowest BCUT2D eigenvalue weighted by atomic mass is 9.51. The maximum absolute atomic E-state index is 14.4. The smallest absolute Gasteiger partial charge is 0.416 e. The van der Waals surface area contributed by atoms with E-state index in [1.54, 1.807) is 49.4 Å².